The fourth-order valence-electron chi connectivity index (χ4n) is 7.33. The number of nitrogens with zero attached hydrogens (tertiary/aromatic N) is 4. The van der Waals surface area contributed by atoms with Gasteiger partial charge in [0.25, 0.3) is 0 Å². The number of ether oxygens (including phenoxy) is 4. The van der Waals surface area contributed by atoms with Crippen molar-refractivity contribution in [3.05, 3.63) is 139 Å². The molecular formula is C57H71N5O6. The quantitative estimate of drug-likeness (QED) is 0.0192. The predicted molar refractivity (Wildman–Crippen MR) is 275 cm³/mol. The van der Waals surface area contributed by atoms with E-state index >= 15 is 0 Å². The van der Waals surface area contributed by atoms with Crippen LogP contribution in [0.15, 0.2) is 154 Å². The number of hydrogen-bond acceptors (Lipinski definition) is 11. The molecule has 0 aliphatic heterocycles. The second-order valence-corrected chi connectivity index (χ2v) is 17.3. The highest BCUT2D eigenvalue weighted by atomic mass is 16.5. The van der Waals surface area contributed by atoms with Gasteiger partial charge in [-0.3, -0.25) is 0 Å². The number of hydrogen-bond donors (Lipinski definition) is 1. The molecule has 1 N–H and O–H groups in total. The van der Waals surface area contributed by atoms with Crippen LogP contribution in [-0.2, 0) is 25.6 Å². The molecule has 0 saturated heterocycles. The highest BCUT2D eigenvalue weighted by molar-refractivity contribution is 6.00. The summed E-state index contributed by atoms with van der Waals surface area (Å²) in [6, 6.07) is 35.8. The van der Waals surface area contributed by atoms with Crippen molar-refractivity contribution >= 4 is 51.1 Å². The highest BCUT2D eigenvalue weighted by Crippen LogP contribution is 2.34. The van der Waals surface area contributed by atoms with Crippen molar-refractivity contribution in [1.82, 2.24) is 0 Å². The minimum Gasteiger partial charge on any atom is -0.494 e. The molecule has 0 atom stereocenters. The van der Waals surface area contributed by atoms with Gasteiger partial charge < -0.3 is 24.3 Å². The van der Waals surface area contributed by atoms with Gasteiger partial charge in [0.1, 0.15) is 11.5 Å². The van der Waals surface area contributed by atoms with Crippen LogP contribution in [0.1, 0.15) is 122 Å². The van der Waals surface area contributed by atoms with Crippen LogP contribution in [0.3, 0.4) is 0 Å². The first kappa shape index (κ1) is 52.4. The first-order valence-corrected chi connectivity index (χ1v) is 24.5. The summed E-state index contributed by atoms with van der Waals surface area (Å²) >= 11 is 0. The normalized spacial score (nSPS) is 11.3. The minimum absolute atomic E-state index is 0.294. The van der Waals surface area contributed by atoms with E-state index in [2.05, 4.69) is 69.3 Å². The monoisotopic (exact) mass is 922 g/mol. The topological polar surface area (TPSA) is 133 Å². The number of benzene rings is 5. The molecule has 0 unspecified atom stereocenters. The standard InChI is InChI=1S/C57H71N5O6/c1-44(2)56(63)67-41-21-15-11-7-5-9-13-19-39-65-50-33-25-46(26-34-50)43-58-54-37-38-55(53-24-18-17-23-52(53)54)62-61-48-29-27-47(28-30-48)59-60-49-31-35-51(36-32-49)66-40-20-14-10-6-8-12-16-22-42-68-57(64)45(3)4/h17-18,23-38,58H,1,3,5-16,19-22,39-43H2,2,4H3. The first-order valence-electron chi connectivity index (χ1n) is 24.5. The fraction of sp³-hybridized carbons (Fsp3) is 0.404. The van der Waals surface area contributed by atoms with Crippen molar-refractivity contribution in [3.8, 4) is 11.5 Å². The average molecular weight is 922 g/mol. The van der Waals surface area contributed by atoms with E-state index in [-0.39, 0.29) is 11.9 Å². The van der Waals surface area contributed by atoms with Crippen LogP contribution in [-0.4, -0.2) is 38.4 Å². The van der Waals surface area contributed by atoms with Crippen molar-refractivity contribution in [2.24, 2.45) is 20.5 Å². The Kier molecular flexibility index (Phi) is 23.6. The Morgan fingerprint density at radius 3 is 1.28 bits per heavy atom. The lowest BCUT2D eigenvalue weighted by atomic mass is 10.1. The lowest BCUT2D eigenvalue weighted by Crippen LogP contribution is -2.05. The summed E-state index contributed by atoms with van der Waals surface area (Å²) in [5.74, 6) is 1.13. The Labute approximate surface area is 404 Å². The molecule has 5 aromatic carbocycles. The summed E-state index contributed by atoms with van der Waals surface area (Å²) in [4.78, 5) is 22.8. The largest absolute Gasteiger partial charge is 0.494 e. The Hall–Kier alpha value is -6.62. The van der Waals surface area contributed by atoms with Gasteiger partial charge >= 0.3 is 11.9 Å². The summed E-state index contributed by atoms with van der Waals surface area (Å²) < 4.78 is 22.2. The van der Waals surface area contributed by atoms with Gasteiger partial charge in [-0.1, -0.05) is 127 Å². The van der Waals surface area contributed by atoms with Crippen LogP contribution >= 0.6 is 0 Å². The Morgan fingerprint density at radius 1 is 0.441 bits per heavy atom. The van der Waals surface area contributed by atoms with Crippen LogP contribution in [0.25, 0.3) is 10.8 Å². The van der Waals surface area contributed by atoms with E-state index in [0.717, 1.165) is 115 Å². The molecule has 11 nitrogen and oxygen atoms in total. The molecule has 0 saturated carbocycles. The van der Waals surface area contributed by atoms with E-state index in [0.29, 0.717) is 37.5 Å². The molecule has 0 heterocycles. The number of carbonyl (C=O) groups is 2. The fourth-order valence-corrected chi connectivity index (χ4v) is 7.33. The van der Waals surface area contributed by atoms with Gasteiger partial charge in [0.05, 0.1) is 49.2 Å². The maximum Gasteiger partial charge on any atom is 0.333 e. The van der Waals surface area contributed by atoms with Crippen LogP contribution in [0, 0.1) is 0 Å². The summed E-state index contributed by atoms with van der Waals surface area (Å²) in [5, 5.41) is 23.7. The molecule has 0 fully saturated rings. The van der Waals surface area contributed by atoms with E-state index in [9.17, 15) is 9.59 Å². The molecule has 0 aliphatic carbocycles. The van der Waals surface area contributed by atoms with Crippen LogP contribution in [0.4, 0.5) is 28.4 Å². The van der Waals surface area contributed by atoms with Gasteiger partial charge in [-0.2, -0.15) is 15.3 Å². The number of esters is 2. The summed E-state index contributed by atoms with van der Waals surface area (Å²) in [6.45, 7) is 13.6. The van der Waals surface area contributed by atoms with E-state index in [4.69, 9.17) is 18.9 Å². The third kappa shape index (κ3) is 20.1. The number of rotatable bonds is 33. The number of anilines is 1. The summed E-state index contributed by atoms with van der Waals surface area (Å²) in [7, 11) is 0. The Balaban J connectivity index is 0.951. The third-order valence-electron chi connectivity index (χ3n) is 11.3. The van der Waals surface area contributed by atoms with Gasteiger partial charge in [-0.15, -0.1) is 5.11 Å². The van der Waals surface area contributed by atoms with Gasteiger partial charge in [-0.05, 0) is 118 Å². The van der Waals surface area contributed by atoms with Crippen LogP contribution < -0.4 is 14.8 Å². The molecule has 5 aromatic rings. The van der Waals surface area contributed by atoms with E-state index < -0.39 is 0 Å². The number of fused-ring (bicyclic) bond motifs is 1. The minimum atomic E-state index is -0.298. The summed E-state index contributed by atoms with van der Waals surface area (Å²) in [6.07, 6.45) is 18.0. The highest BCUT2D eigenvalue weighted by Gasteiger charge is 2.08. The lowest BCUT2D eigenvalue weighted by Gasteiger charge is -2.12. The van der Waals surface area contributed by atoms with Gasteiger partial charge in [-0.25, -0.2) is 9.59 Å². The zero-order chi connectivity index (χ0) is 48.0. The van der Waals surface area contributed by atoms with Crippen molar-refractivity contribution in [3.63, 3.8) is 0 Å². The second kappa shape index (κ2) is 30.6. The van der Waals surface area contributed by atoms with Crippen LogP contribution in [0.2, 0.25) is 0 Å². The molecule has 11 heteroatoms. The molecular weight excluding hydrogens is 851 g/mol. The molecule has 0 amide bonds. The Morgan fingerprint density at radius 2 is 0.824 bits per heavy atom. The van der Waals surface area contributed by atoms with Gasteiger partial charge in [0.2, 0.25) is 0 Å². The smallest absolute Gasteiger partial charge is 0.333 e. The second-order valence-electron chi connectivity index (χ2n) is 17.3. The SMILES string of the molecule is C=C(C)C(=O)OCCCCCCCCCCOc1ccc(CNc2ccc(N=Nc3ccc(N=Nc4ccc(OCCCCCCCCCCOC(=O)C(=C)C)cc4)cc3)c3ccccc23)cc1. The predicted octanol–water partition coefficient (Wildman–Crippen LogP) is 16.5. The van der Waals surface area contributed by atoms with Crippen molar-refractivity contribution in [2.75, 3.05) is 31.7 Å². The Bertz CT molecular complexity index is 2360. The summed E-state index contributed by atoms with van der Waals surface area (Å²) in [5.41, 5.74) is 6.09. The lowest BCUT2D eigenvalue weighted by molar-refractivity contribution is -0.139. The maximum atomic E-state index is 11.4. The van der Waals surface area contributed by atoms with Crippen LogP contribution in [0.5, 0.6) is 11.5 Å². The van der Waals surface area contributed by atoms with Crippen molar-refractivity contribution < 1.29 is 28.5 Å². The zero-order valence-corrected chi connectivity index (χ0v) is 40.4. The van der Waals surface area contributed by atoms with Crippen molar-refractivity contribution in [1.29, 1.82) is 0 Å². The molecule has 68 heavy (non-hydrogen) atoms. The molecule has 0 bridgehead atoms. The van der Waals surface area contributed by atoms with E-state index in [1.807, 2.05) is 78.9 Å². The van der Waals surface area contributed by atoms with Gasteiger partial charge in [0.15, 0.2) is 0 Å². The van der Waals surface area contributed by atoms with Crippen molar-refractivity contribution in [2.45, 2.75) is 123 Å². The number of nitrogens with one attached hydrogen (secondary N) is 1. The molecule has 0 aromatic heterocycles. The number of carbonyl (C=O) groups excluding carboxylic acids is 2. The maximum absolute atomic E-state index is 11.4. The van der Waals surface area contributed by atoms with Gasteiger partial charge in [0, 0.05) is 34.2 Å². The molecule has 0 spiro atoms. The zero-order valence-electron chi connectivity index (χ0n) is 40.4. The third-order valence-corrected chi connectivity index (χ3v) is 11.3. The molecule has 5 rings (SSSR count). The molecule has 360 valence electrons. The average Bonchev–Trinajstić information content (AvgIpc) is 3.36. The van der Waals surface area contributed by atoms with E-state index in [1.54, 1.807) is 13.8 Å². The molecule has 0 aliphatic rings. The molecule has 0 radical (unpaired) electrons. The number of unbranched alkanes of at least 4 members (excludes halogenated alkanes) is 14. The first-order chi connectivity index (χ1) is 33.2. The van der Waals surface area contributed by atoms with E-state index in [1.165, 1.54) is 50.5 Å². The number of azo groups is 2.